The number of benzene rings is 2. The number of rotatable bonds is 4. The summed E-state index contributed by atoms with van der Waals surface area (Å²) in [7, 11) is 0. The first-order valence-electron chi connectivity index (χ1n) is 8.89. The summed E-state index contributed by atoms with van der Waals surface area (Å²) < 4.78 is 1.91. The van der Waals surface area contributed by atoms with Gasteiger partial charge in [0.25, 0.3) is 0 Å². The number of halogens is 1. The van der Waals surface area contributed by atoms with E-state index < -0.39 is 0 Å². The van der Waals surface area contributed by atoms with Crippen LogP contribution in [0.25, 0.3) is 10.9 Å². The zero-order chi connectivity index (χ0) is 17.9. The second-order valence-corrected chi connectivity index (χ2v) is 6.96. The lowest BCUT2D eigenvalue weighted by Crippen LogP contribution is -2.49. The van der Waals surface area contributed by atoms with Crippen LogP contribution in [0.5, 0.6) is 0 Å². The first kappa shape index (κ1) is 16.9. The van der Waals surface area contributed by atoms with Crippen LogP contribution < -0.4 is 4.90 Å². The molecule has 0 unspecified atom stereocenters. The van der Waals surface area contributed by atoms with Gasteiger partial charge in [0.1, 0.15) is 0 Å². The number of para-hydroxylation sites is 1. The number of carbonyl (C=O) groups excluding carboxylic acids is 1. The van der Waals surface area contributed by atoms with E-state index in [0.717, 1.165) is 47.8 Å². The van der Waals surface area contributed by atoms with Crippen molar-refractivity contribution in [2.24, 2.45) is 0 Å². The fraction of sp³-hybridized carbons (Fsp3) is 0.300. The van der Waals surface area contributed by atoms with Gasteiger partial charge < -0.3 is 9.80 Å². The van der Waals surface area contributed by atoms with Crippen LogP contribution in [0.15, 0.2) is 54.7 Å². The number of aromatic nitrogens is 2. The molecule has 2 aromatic carbocycles. The van der Waals surface area contributed by atoms with Crippen LogP contribution in [-0.4, -0.2) is 46.8 Å². The highest BCUT2D eigenvalue weighted by Gasteiger charge is 2.21. The summed E-state index contributed by atoms with van der Waals surface area (Å²) in [4.78, 5) is 16.8. The van der Waals surface area contributed by atoms with Crippen LogP contribution >= 0.6 is 11.6 Å². The molecule has 26 heavy (non-hydrogen) atoms. The summed E-state index contributed by atoms with van der Waals surface area (Å²) in [6.45, 7) is 3.81. The monoisotopic (exact) mass is 368 g/mol. The van der Waals surface area contributed by atoms with Gasteiger partial charge in [0.15, 0.2) is 0 Å². The lowest BCUT2D eigenvalue weighted by molar-refractivity contribution is -0.131. The predicted octanol–water partition coefficient (Wildman–Crippen LogP) is 3.43. The molecule has 0 radical (unpaired) electrons. The molecule has 1 saturated heterocycles. The van der Waals surface area contributed by atoms with Crippen molar-refractivity contribution in [3.8, 4) is 0 Å². The number of carbonyl (C=O) groups is 1. The van der Waals surface area contributed by atoms with Crippen LogP contribution in [0.4, 0.5) is 5.69 Å². The second kappa shape index (κ2) is 7.38. The Bertz CT molecular complexity index is 898. The van der Waals surface area contributed by atoms with Crippen molar-refractivity contribution in [2.45, 2.75) is 13.0 Å². The van der Waals surface area contributed by atoms with Crippen LogP contribution in [0, 0.1) is 0 Å². The minimum atomic E-state index is 0.195. The SMILES string of the molecule is O=C(CCn1ncc2ccccc21)N1CCN(c2ccc(Cl)cc2)CC1. The molecule has 0 aliphatic carbocycles. The van der Waals surface area contributed by atoms with Crippen molar-refractivity contribution in [2.75, 3.05) is 31.1 Å². The minimum absolute atomic E-state index is 0.195. The Hall–Kier alpha value is -2.53. The van der Waals surface area contributed by atoms with E-state index in [4.69, 9.17) is 11.6 Å². The Morgan fingerprint density at radius 1 is 1.00 bits per heavy atom. The normalized spacial score (nSPS) is 14.8. The van der Waals surface area contributed by atoms with Gasteiger partial charge in [-0.2, -0.15) is 5.10 Å². The highest BCUT2D eigenvalue weighted by Crippen LogP contribution is 2.20. The topological polar surface area (TPSA) is 41.4 Å². The summed E-state index contributed by atoms with van der Waals surface area (Å²) in [5, 5.41) is 6.25. The third kappa shape index (κ3) is 3.53. The number of piperazine rings is 1. The molecule has 6 heteroatoms. The number of hydrogen-bond acceptors (Lipinski definition) is 3. The van der Waals surface area contributed by atoms with Crippen molar-refractivity contribution >= 4 is 34.1 Å². The maximum Gasteiger partial charge on any atom is 0.224 e. The van der Waals surface area contributed by atoms with E-state index in [9.17, 15) is 4.79 Å². The largest absolute Gasteiger partial charge is 0.368 e. The molecule has 1 amide bonds. The first-order valence-corrected chi connectivity index (χ1v) is 9.27. The van der Waals surface area contributed by atoms with E-state index in [1.54, 1.807) is 0 Å². The van der Waals surface area contributed by atoms with Crippen LogP contribution in [-0.2, 0) is 11.3 Å². The lowest BCUT2D eigenvalue weighted by Gasteiger charge is -2.36. The number of amides is 1. The van der Waals surface area contributed by atoms with E-state index in [0.29, 0.717) is 13.0 Å². The van der Waals surface area contributed by atoms with E-state index in [1.807, 2.05) is 64.3 Å². The molecule has 0 saturated carbocycles. The summed E-state index contributed by atoms with van der Waals surface area (Å²) in [5.74, 6) is 0.195. The Kier molecular flexibility index (Phi) is 4.80. The Morgan fingerprint density at radius 2 is 1.73 bits per heavy atom. The Morgan fingerprint density at radius 3 is 2.50 bits per heavy atom. The van der Waals surface area contributed by atoms with Gasteiger partial charge in [-0.1, -0.05) is 29.8 Å². The minimum Gasteiger partial charge on any atom is -0.368 e. The maximum atomic E-state index is 12.6. The standard InChI is InChI=1S/C20H21ClN4O/c21-17-5-7-18(8-6-17)23-11-13-24(14-12-23)20(26)9-10-25-19-4-2-1-3-16(19)15-22-25/h1-8,15H,9-14H2. The van der Waals surface area contributed by atoms with Crippen molar-refractivity contribution in [3.05, 3.63) is 59.8 Å². The molecule has 134 valence electrons. The number of nitrogens with zero attached hydrogens (tertiary/aromatic N) is 4. The molecular weight excluding hydrogens is 348 g/mol. The predicted molar refractivity (Wildman–Crippen MR) is 105 cm³/mol. The summed E-state index contributed by atoms with van der Waals surface area (Å²) >= 11 is 5.95. The fourth-order valence-corrected chi connectivity index (χ4v) is 3.56. The molecule has 1 fully saturated rings. The van der Waals surface area contributed by atoms with Crippen LogP contribution in [0.2, 0.25) is 5.02 Å². The number of fused-ring (bicyclic) bond motifs is 1. The van der Waals surface area contributed by atoms with Gasteiger partial charge in [-0.25, -0.2) is 0 Å². The fourth-order valence-electron chi connectivity index (χ4n) is 3.43. The van der Waals surface area contributed by atoms with Gasteiger partial charge in [0, 0.05) is 48.7 Å². The Labute approximate surface area is 157 Å². The van der Waals surface area contributed by atoms with Gasteiger partial charge in [-0.15, -0.1) is 0 Å². The summed E-state index contributed by atoms with van der Waals surface area (Å²) in [5.41, 5.74) is 2.23. The molecule has 1 aliphatic rings. The van der Waals surface area contributed by atoms with Gasteiger partial charge in [0.05, 0.1) is 18.3 Å². The van der Waals surface area contributed by atoms with Crippen molar-refractivity contribution < 1.29 is 4.79 Å². The van der Waals surface area contributed by atoms with Crippen LogP contribution in [0.1, 0.15) is 6.42 Å². The van der Waals surface area contributed by atoms with Crippen molar-refractivity contribution in [1.82, 2.24) is 14.7 Å². The zero-order valence-corrected chi connectivity index (χ0v) is 15.3. The average molecular weight is 369 g/mol. The second-order valence-electron chi connectivity index (χ2n) is 6.52. The van der Waals surface area contributed by atoms with E-state index in [2.05, 4.69) is 10.00 Å². The van der Waals surface area contributed by atoms with E-state index in [1.165, 1.54) is 0 Å². The molecule has 5 nitrogen and oxygen atoms in total. The smallest absolute Gasteiger partial charge is 0.224 e. The van der Waals surface area contributed by atoms with Gasteiger partial charge >= 0.3 is 0 Å². The quantitative estimate of drug-likeness (QED) is 0.708. The molecule has 0 atom stereocenters. The zero-order valence-electron chi connectivity index (χ0n) is 14.5. The Balaban J connectivity index is 1.31. The van der Waals surface area contributed by atoms with Gasteiger partial charge in [-0.3, -0.25) is 9.48 Å². The average Bonchev–Trinajstić information content (AvgIpc) is 3.10. The van der Waals surface area contributed by atoms with Crippen molar-refractivity contribution in [3.63, 3.8) is 0 Å². The van der Waals surface area contributed by atoms with E-state index in [-0.39, 0.29) is 5.91 Å². The molecule has 3 aromatic rings. The molecule has 0 spiro atoms. The molecule has 2 heterocycles. The molecule has 1 aromatic heterocycles. The third-order valence-electron chi connectivity index (χ3n) is 4.91. The maximum absolute atomic E-state index is 12.6. The van der Waals surface area contributed by atoms with Crippen LogP contribution in [0.3, 0.4) is 0 Å². The van der Waals surface area contributed by atoms with Crippen molar-refractivity contribution in [1.29, 1.82) is 0 Å². The van der Waals surface area contributed by atoms with Gasteiger partial charge in [-0.05, 0) is 30.3 Å². The first-order chi connectivity index (χ1) is 12.7. The van der Waals surface area contributed by atoms with E-state index >= 15 is 0 Å². The summed E-state index contributed by atoms with van der Waals surface area (Å²) in [6.07, 6.45) is 2.33. The lowest BCUT2D eigenvalue weighted by atomic mass is 10.2. The molecule has 4 rings (SSSR count). The number of aryl methyl sites for hydroxylation is 1. The number of anilines is 1. The number of hydrogen-bond donors (Lipinski definition) is 0. The highest BCUT2D eigenvalue weighted by atomic mass is 35.5. The van der Waals surface area contributed by atoms with Gasteiger partial charge in [0.2, 0.25) is 5.91 Å². The summed E-state index contributed by atoms with van der Waals surface area (Å²) in [6, 6.07) is 15.9. The molecule has 0 N–H and O–H groups in total. The highest BCUT2D eigenvalue weighted by molar-refractivity contribution is 6.30. The molecule has 1 aliphatic heterocycles. The molecular formula is C20H21ClN4O. The molecule has 0 bridgehead atoms. The third-order valence-corrected chi connectivity index (χ3v) is 5.16.